The standard InChI is InChI=1S/C13H17N6O3.Y/c1-6-8(20)13(22-9(6)12(21)15-3)19-5-18-7-10(14-2)16-4-17-11(7)19;/h5-6,8-9,13,20H,1-3H3,(H,15,21)(H,14,16,17);/q-1;/t6?,8?,9-,13+;/m0./s1. The third-order valence-corrected chi connectivity index (χ3v) is 3.92. The molecule has 0 saturated carbocycles. The zero-order valence-electron chi connectivity index (χ0n) is 13.0. The summed E-state index contributed by atoms with van der Waals surface area (Å²) in [5.74, 6) is -0.0836. The molecule has 0 bridgehead atoms. The number of imidazole rings is 1. The summed E-state index contributed by atoms with van der Waals surface area (Å²) in [7, 11) is 3.26. The topological polar surface area (TPSA) is 114 Å². The van der Waals surface area contributed by atoms with E-state index >= 15 is 0 Å². The fraction of sp³-hybridized carbons (Fsp3) is 0.538. The number of carbonyl (C=O) groups is 1. The number of aliphatic hydroxyl groups excluding tert-OH is 1. The average Bonchev–Trinajstić information content (AvgIpc) is 3.09. The molecule has 1 aliphatic rings. The van der Waals surface area contributed by atoms with Gasteiger partial charge in [0.05, 0.1) is 12.0 Å². The van der Waals surface area contributed by atoms with Crippen LogP contribution in [0.4, 0.5) is 5.82 Å². The van der Waals surface area contributed by atoms with Gasteiger partial charge in [0, 0.05) is 63.3 Å². The number of carbonyl (C=O) groups excluding carboxylic acids is 1. The van der Waals surface area contributed by atoms with Crippen molar-refractivity contribution in [2.75, 3.05) is 19.4 Å². The molecule has 0 aromatic carbocycles. The molecule has 1 aliphatic heterocycles. The molecule has 4 atom stereocenters. The molecule has 1 amide bonds. The van der Waals surface area contributed by atoms with E-state index in [0.717, 1.165) is 0 Å². The van der Waals surface area contributed by atoms with E-state index in [1.54, 1.807) is 18.5 Å². The summed E-state index contributed by atoms with van der Waals surface area (Å²) >= 11 is 0. The zero-order chi connectivity index (χ0) is 15.9. The fourth-order valence-electron chi connectivity index (χ4n) is 2.63. The molecule has 9 nitrogen and oxygen atoms in total. The van der Waals surface area contributed by atoms with Crippen LogP contribution in [0.15, 0.2) is 6.33 Å². The second-order valence-corrected chi connectivity index (χ2v) is 5.16. The van der Waals surface area contributed by atoms with Gasteiger partial charge in [-0.05, 0) is 7.05 Å². The monoisotopic (exact) mass is 394 g/mol. The number of rotatable bonds is 3. The maximum atomic E-state index is 11.8. The first-order chi connectivity index (χ1) is 10.6. The Kier molecular flexibility index (Phi) is 5.67. The largest absolute Gasteiger partial charge is 0.423 e. The minimum atomic E-state index is -0.854. The molecule has 10 heteroatoms. The second kappa shape index (κ2) is 7.17. The Balaban J connectivity index is 0.00000192. The average molecular weight is 394 g/mol. The van der Waals surface area contributed by atoms with E-state index in [0.29, 0.717) is 17.0 Å². The van der Waals surface area contributed by atoms with E-state index in [4.69, 9.17) is 4.74 Å². The van der Waals surface area contributed by atoms with Crippen molar-refractivity contribution in [3.63, 3.8) is 0 Å². The van der Waals surface area contributed by atoms with Gasteiger partial charge < -0.3 is 35.0 Å². The minimum Gasteiger partial charge on any atom is -0.423 e. The van der Waals surface area contributed by atoms with Gasteiger partial charge in [0.25, 0.3) is 0 Å². The van der Waals surface area contributed by atoms with Crippen LogP contribution in [-0.2, 0) is 42.2 Å². The predicted octanol–water partition coefficient (Wildman–Crippen LogP) is -0.694. The number of fused-ring (bicyclic) bond motifs is 1. The van der Waals surface area contributed by atoms with Crippen LogP contribution in [0.25, 0.3) is 11.2 Å². The van der Waals surface area contributed by atoms with Crippen LogP contribution < -0.4 is 10.6 Å². The smallest absolute Gasteiger partial charge is 0.249 e. The molecule has 23 heavy (non-hydrogen) atoms. The van der Waals surface area contributed by atoms with Crippen molar-refractivity contribution in [2.45, 2.75) is 25.4 Å². The molecular formula is C13H17N6O3Y-. The third-order valence-electron chi connectivity index (χ3n) is 3.92. The van der Waals surface area contributed by atoms with Gasteiger partial charge in [-0.15, -0.1) is 0 Å². The molecule has 0 spiro atoms. The Hall–Kier alpha value is -1.16. The first kappa shape index (κ1) is 18.2. The summed E-state index contributed by atoms with van der Waals surface area (Å²) < 4.78 is 7.33. The van der Waals surface area contributed by atoms with Gasteiger partial charge in [-0.1, -0.05) is 6.92 Å². The number of nitrogens with zero attached hydrogens (tertiary/aromatic N) is 4. The Bertz CT molecular complexity index is 708. The van der Waals surface area contributed by atoms with Gasteiger partial charge in [-0.2, -0.15) is 0 Å². The molecule has 3 N–H and O–H groups in total. The number of anilines is 1. The van der Waals surface area contributed by atoms with E-state index in [-0.39, 0.29) is 44.5 Å². The van der Waals surface area contributed by atoms with Gasteiger partial charge in [-0.3, -0.25) is 9.78 Å². The summed E-state index contributed by atoms with van der Waals surface area (Å²) in [4.78, 5) is 24.1. The Labute approximate surface area is 158 Å². The Morgan fingerprint density at radius 3 is 2.83 bits per heavy atom. The molecule has 1 fully saturated rings. The van der Waals surface area contributed by atoms with Crippen LogP contribution in [0.2, 0.25) is 0 Å². The van der Waals surface area contributed by atoms with Crippen LogP contribution in [0.1, 0.15) is 13.2 Å². The zero-order valence-corrected chi connectivity index (χ0v) is 15.9. The summed E-state index contributed by atoms with van der Waals surface area (Å²) in [6.45, 7) is 1.77. The Morgan fingerprint density at radius 1 is 1.43 bits per heavy atom. The molecule has 1 radical (unpaired) electrons. The van der Waals surface area contributed by atoms with Crippen molar-refractivity contribution < 1.29 is 47.3 Å². The number of ether oxygens (including phenoxy) is 1. The van der Waals surface area contributed by atoms with Gasteiger partial charge >= 0.3 is 0 Å². The second-order valence-electron chi connectivity index (χ2n) is 5.16. The number of hydrogen-bond acceptors (Lipinski definition) is 7. The molecule has 1 saturated heterocycles. The summed E-state index contributed by atoms with van der Waals surface area (Å²) in [6, 6.07) is 0. The van der Waals surface area contributed by atoms with Crippen molar-refractivity contribution in [2.24, 2.45) is 5.92 Å². The van der Waals surface area contributed by atoms with Gasteiger partial charge in [0.2, 0.25) is 5.91 Å². The quantitative estimate of drug-likeness (QED) is 0.591. The van der Waals surface area contributed by atoms with Crippen molar-refractivity contribution in [1.82, 2.24) is 24.8 Å². The number of nitrogens with one attached hydrogen (secondary N) is 2. The van der Waals surface area contributed by atoms with E-state index < -0.39 is 18.4 Å². The molecule has 121 valence electrons. The first-order valence-electron chi connectivity index (χ1n) is 6.92. The number of amides is 1. The molecule has 0 aliphatic carbocycles. The molecule has 2 unspecified atom stereocenters. The minimum absolute atomic E-state index is 0. The predicted molar refractivity (Wildman–Crippen MR) is 76.9 cm³/mol. The van der Waals surface area contributed by atoms with Crippen LogP contribution in [-0.4, -0.2) is 56.8 Å². The summed E-state index contributed by atoms with van der Waals surface area (Å²) in [5.41, 5.74) is 1.03. The maximum absolute atomic E-state index is 11.8. The number of hydrogen-bond donors (Lipinski definition) is 3. The van der Waals surface area contributed by atoms with Crippen LogP contribution in [0, 0.1) is 12.2 Å². The summed E-state index contributed by atoms with van der Waals surface area (Å²) in [5, 5.41) is 15.8. The maximum Gasteiger partial charge on any atom is 0.249 e. The SMILES string of the molecule is CNC(=O)[C@H]1O[C@@H](n2cnc3c(NC)n[c-]nc32)C(O)C1C.[Y]. The van der Waals surface area contributed by atoms with Crippen molar-refractivity contribution in [1.29, 1.82) is 0 Å². The number of aromatic nitrogens is 4. The van der Waals surface area contributed by atoms with E-state index in [1.165, 1.54) is 13.4 Å². The molecule has 3 heterocycles. The van der Waals surface area contributed by atoms with Crippen molar-refractivity contribution >= 4 is 22.9 Å². The number of likely N-dealkylation sites (N-methyl/N-ethyl adjacent to an activating group) is 1. The summed E-state index contributed by atoms with van der Waals surface area (Å²) in [6.07, 6.45) is 1.73. The van der Waals surface area contributed by atoms with Crippen molar-refractivity contribution in [3.05, 3.63) is 12.7 Å². The van der Waals surface area contributed by atoms with Crippen LogP contribution in [0.3, 0.4) is 0 Å². The molecule has 3 rings (SSSR count). The van der Waals surface area contributed by atoms with E-state index in [2.05, 4.69) is 31.9 Å². The van der Waals surface area contributed by atoms with Crippen LogP contribution in [0.5, 0.6) is 0 Å². The number of aliphatic hydroxyl groups is 1. The van der Waals surface area contributed by atoms with Gasteiger partial charge in [-0.25, -0.2) is 0 Å². The Morgan fingerprint density at radius 2 is 2.17 bits per heavy atom. The van der Waals surface area contributed by atoms with Crippen molar-refractivity contribution in [3.8, 4) is 0 Å². The normalized spacial score (nSPS) is 26.8. The van der Waals surface area contributed by atoms with E-state index in [9.17, 15) is 9.90 Å². The van der Waals surface area contributed by atoms with E-state index in [1.807, 2.05) is 0 Å². The molecular weight excluding hydrogens is 377 g/mol. The van der Waals surface area contributed by atoms with Gasteiger partial charge in [0.1, 0.15) is 12.2 Å². The first-order valence-corrected chi connectivity index (χ1v) is 6.92. The third kappa shape index (κ3) is 2.98. The molecule has 2 aromatic rings. The van der Waals surface area contributed by atoms with Gasteiger partial charge in [0.15, 0.2) is 6.23 Å². The van der Waals surface area contributed by atoms with Crippen LogP contribution >= 0.6 is 0 Å². The fourth-order valence-corrected chi connectivity index (χ4v) is 2.63. The molecule has 2 aromatic heterocycles.